The number of carbonyl (C=O) groups is 1. The molecule has 6 nitrogen and oxygen atoms in total. The van der Waals surface area contributed by atoms with Gasteiger partial charge < -0.3 is 24.1 Å². The zero-order valence-corrected chi connectivity index (χ0v) is 12.1. The largest absolute Gasteiger partial charge is 0.460 e. The first-order chi connectivity index (χ1) is 11.1. The van der Waals surface area contributed by atoms with Gasteiger partial charge >= 0.3 is 5.97 Å². The summed E-state index contributed by atoms with van der Waals surface area (Å²) in [5.74, 6) is -0.421. The summed E-state index contributed by atoms with van der Waals surface area (Å²) in [6, 6.07) is 7.86. The van der Waals surface area contributed by atoms with Gasteiger partial charge in [0, 0.05) is 7.37 Å². The van der Waals surface area contributed by atoms with Gasteiger partial charge in [-0.05, 0) is 19.0 Å². The highest BCUT2D eigenvalue weighted by atomic mass is 16.7. The lowest BCUT2D eigenvalue weighted by Gasteiger charge is -2.18. The number of ether oxygens (including phenoxy) is 4. The molecule has 1 heterocycles. The van der Waals surface area contributed by atoms with Crippen LogP contribution in [0.15, 0.2) is 30.3 Å². The minimum Gasteiger partial charge on any atom is -0.460 e. The van der Waals surface area contributed by atoms with Crippen LogP contribution in [0.2, 0.25) is 0 Å². The van der Waals surface area contributed by atoms with Crippen LogP contribution in [0.4, 0.5) is 0 Å². The van der Waals surface area contributed by atoms with Crippen LogP contribution in [0, 0.1) is 0 Å². The lowest BCUT2D eigenvalue weighted by Crippen LogP contribution is -2.35. The molecule has 0 aromatic heterocycles. The second kappa shape index (κ2) is 8.29. The van der Waals surface area contributed by atoms with Crippen molar-refractivity contribution in [2.45, 2.75) is 31.2 Å². The van der Waals surface area contributed by atoms with Crippen molar-refractivity contribution in [1.29, 1.82) is 0 Å². The molecule has 0 spiro atoms. The molecule has 0 bridgehead atoms. The fraction of sp³-hybridized carbons (Fsp3) is 0.533. The molecule has 22 heavy (non-hydrogen) atoms. The third kappa shape index (κ3) is 4.54. The Morgan fingerprint density at radius 1 is 1.41 bits per heavy atom. The number of carbonyl (C=O) groups excluding carboxylic acids is 1. The molecule has 0 saturated carbocycles. The van der Waals surface area contributed by atoms with Crippen LogP contribution in [-0.2, 0) is 18.9 Å². The molecule has 4 atom stereocenters. The molecule has 1 unspecified atom stereocenters. The lowest BCUT2D eigenvalue weighted by atomic mass is 9.93. The second-order valence-corrected chi connectivity index (χ2v) is 4.79. The highest BCUT2D eigenvalue weighted by molar-refractivity contribution is 6.11. The van der Waals surface area contributed by atoms with Gasteiger partial charge in [-0.1, -0.05) is 18.2 Å². The van der Waals surface area contributed by atoms with Crippen molar-refractivity contribution in [2.75, 3.05) is 20.0 Å². The minimum absolute atomic E-state index is 0.0855. The van der Waals surface area contributed by atoms with E-state index >= 15 is 0 Å². The second-order valence-electron chi connectivity index (χ2n) is 4.79. The summed E-state index contributed by atoms with van der Waals surface area (Å²) < 4.78 is 27.9. The molecule has 118 valence electrons. The van der Waals surface area contributed by atoms with Crippen molar-refractivity contribution >= 4 is 13.8 Å². The third-order valence-corrected chi connectivity index (χ3v) is 3.19. The summed E-state index contributed by atoms with van der Waals surface area (Å²) >= 11 is 0. The van der Waals surface area contributed by atoms with Gasteiger partial charge in [-0.2, -0.15) is 0 Å². The summed E-state index contributed by atoms with van der Waals surface area (Å²) in [7, 11) is 5.66. The first-order valence-corrected chi connectivity index (χ1v) is 6.93. The molecule has 2 rings (SSSR count). The van der Waals surface area contributed by atoms with Gasteiger partial charge in [0.2, 0.25) is 0 Å². The number of esters is 1. The molecule has 1 aliphatic rings. The van der Waals surface area contributed by atoms with Gasteiger partial charge in [0.1, 0.15) is 33.5 Å². The van der Waals surface area contributed by atoms with Gasteiger partial charge in [-0.25, -0.2) is 4.79 Å². The van der Waals surface area contributed by atoms with Gasteiger partial charge in [0.25, 0.3) is 0 Å². The molecule has 1 saturated heterocycles. The van der Waals surface area contributed by atoms with Crippen molar-refractivity contribution in [1.82, 2.24) is 0 Å². The molecule has 0 amide bonds. The number of benzene rings is 1. The Hall–Kier alpha value is -1.41. The van der Waals surface area contributed by atoms with Gasteiger partial charge in [-0.15, -0.1) is 0 Å². The van der Waals surface area contributed by atoms with Crippen molar-refractivity contribution in [3.05, 3.63) is 35.9 Å². The van der Waals surface area contributed by atoms with E-state index in [1.807, 2.05) is 6.07 Å². The molecule has 2 radical (unpaired) electrons. The molecule has 1 aliphatic heterocycles. The molecule has 1 N–H and O–H groups in total. The van der Waals surface area contributed by atoms with E-state index in [0.717, 1.165) is 0 Å². The lowest BCUT2D eigenvalue weighted by molar-refractivity contribution is -0.121. The quantitative estimate of drug-likeness (QED) is 0.342. The summed E-state index contributed by atoms with van der Waals surface area (Å²) in [6.07, 6.45) is -2.35. The molecule has 1 aromatic carbocycles. The van der Waals surface area contributed by atoms with E-state index in [1.54, 1.807) is 24.3 Å². The van der Waals surface area contributed by atoms with Crippen LogP contribution >= 0.6 is 0 Å². The standard InChI is InChI=1S/C15H19BO6/c1-10-12(17)13(14(16)22-10)21-9-19-7-8-20-15(18)11-5-3-2-4-6-11/h2-6,10,12-14,17H,7-9H2,1H3/t10-,12+,13?,14-/m1/s1/i1D. The van der Waals surface area contributed by atoms with E-state index in [4.69, 9.17) is 28.2 Å². The average Bonchev–Trinajstić information content (AvgIpc) is 2.85. The van der Waals surface area contributed by atoms with E-state index in [9.17, 15) is 9.90 Å². The summed E-state index contributed by atoms with van der Waals surface area (Å²) in [5, 5.41) is 9.85. The molecular weight excluding hydrogens is 287 g/mol. The highest BCUT2D eigenvalue weighted by Gasteiger charge is 2.39. The van der Waals surface area contributed by atoms with E-state index in [-0.39, 0.29) is 26.9 Å². The Labute approximate surface area is 132 Å². The topological polar surface area (TPSA) is 74.2 Å². The molecule has 1 fully saturated rings. The normalized spacial score (nSPS) is 28.3. The van der Waals surface area contributed by atoms with Crippen LogP contribution in [0.1, 0.15) is 18.6 Å². The third-order valence-electron chi connectivity index (χ3n) is 3.19. The van der Waals surface area contributed by atoms with Crippen molar-refractivity contribution in [2.24, 2.45) is 0 Å². The van der Waals surface area contributed by atoms with Gasteiger partial charge in [-0.3, -0.25) is 0 Å². The zero-order valence-electron chi connectivity index (χ0n) is 13.1. The Bertz CT molecular complexity index is 488. The van der Waals surface area contributed by atoms with Crippen LogP contribution in [0.5, 0.6) is 0 Å². The van der Waals surface area contributed by atoms with Gasteiger partial charge in [0.15, 0.2) is 0 Å². The van der Waals surface area contributed by atoms with Gasteiger partial charge in [0.05, 0.1) is 18.3 Å². The monoisotopic (exact) mass is 307 g/mol. The number of aliphatic hydroxyl groups excluding tert-OH is 1. The maximum atomic E-state index is 11.6. The zero-order chi connectivity index (χ0) is 16.7. The van der Waals surface area contributed by atoms with Crippen molar-refractivity contribution in [3.8, 4) is 0 Å². The average molecular weight is 307 g/mol. The van der Waals surface area contributed by atoms with E-state index in [1.165, 1.54) is 0 Å². The first-order valence-electron chi connectivity index (χ1n) is 7.64. The molecular formula is C15H19BO6. The Morgan fingerprint density at radius 3 is 2.86 bits per heavy atom. The summed E-state index contributed by atoms with van der Waals surface area (Å²) in [5.41, 5.74) is 0.474. The predicted molar refractivity (Wildman–Crippen MR) is 78.5 cm³/mol. The van der Waals surface area contributed by atoms with E-state index in [0.29, 0.717) is 5.56 Å². The summed E-state index contributed by atoms with van der Waals surface area (Å²) in [4.78, 5) is 11.6. The fourth-order valence-electron chi connectivity index (χ4n) is 2.00. The number of hydrogen-bond acceptors (Lipinski definition) is 6. The molecule has 1 aromatic rings. The van der Waals surface area contributed by atoms with Crippen LogP contribution < -0.4 is 0 Å². The fourth-order valence-corrected chi connectivity index (χ4v) is 2.00. The minimum atomic E-state index is -0.956. The van der Waals surface area contributed by atoms with Crippen LogP contribution in [0.3, 0.4) is 0 Å². The Morgan fingerprint density at radius 2 is 2.18 bits per heavy atom. The summed E-state index contributed by atoms with van der Waals surface area (Å²) in [6.45, 7) is 0.0268. The van der Waals surface area contributed by atoms with E-state index < -0.39 is 30.3 Å². The predicted octanol–water partition coefficient (Wildman–Crippen LogP) is 0.477. The SMILES string of the molecule is [2H]C[C@H]1O[C@@H]([B])C(OCOCCOC(=O)c2ccccc2)[C@H]1O. The first kappa shape index (κ1) is 15.5. The van der Waals surface area contributed by atoms with Crippen LogP contribution in [-0.4, -0.2) is 63.2 Å². The number of hydrogen-bond donors (Lipinski definition) is 1. The van der Waals surface area contributed by atoms with Crippen LogP contribution in [0.25, 0.3) is 0 Å². The Kier molecular flexibility index (Phi) is 5.83. The van der Waals surface area contributed by atoms with E-state index in [2.05, 4.69) is 0 Å². The smallest absolute Gasteiger partial charge is 0.338 e. The molecule has 7 heteroatoms. The highest BCUT2D eigenvalue weighted by Crippen LogP contribution is 2.21. The maximum absolute atomic E-state index is 11.6. The van der Waals surface area contributed by atoms with Crippen molar-refractivity contribution < 1.29 is 30.2 Å². The molecule has 0 aliphatic carbocycles. The van der Waals surface area contributed by atoms with Crippen molar-refractivity contribution in [3.63, 3.8) is 0 Å². The number of aliphatic hydroxyl groups is 1. The number of rotatable bonds is 7. The Balaban J connectivity index is 1.59. The maximum Gasteiger partial charge on any atom is 0.338 e.